The highest BCUT2D eigenvalue weighted by molar-refractivity contribution is 6.67. The molecule has 0 aliphatic rings. The number of carbonyl (C=O) groups is 2. The molecular weight excluding hydrogens is 252 g/mol. The number of hydrogen-bond donors (Lipinski definition) is 1. The number of nitrogens with zero attached hydrogens (tertiary/aromatic N) is 1. The summed E-state index contributed by atoms with van der Waals surface area (Å²) in [4.78, 5) is 26.7. The molecule has 2 aromatic rings. The quantitative estimate of drug-likeness (QED) is 0.863. The third-order valence-corrected chi connectivity index (χ3v) is 2.49. The van der Waals surface area contributed by atoms with Crippen LogP contribution in [0.15, 0.2) is 48.8 Å². The summed E-state index contributed by atoms with van der Waals surface area (Å²) in [5, 5.41) is 2.10. The van der Waals surface area contributed by atoms with Crippen molar-refractivity contribution in [3.63, 3.8) is 0 Å². The molecule has 1 N–H and O–H groups in total. The Hall–Kier alpha value is -2.20. The van der Waals surface area contributed by atoms with Crippen LogP contribution in [0.3, 0.4) is 0 Å². The standard InChI is InChI=1S/C13H9ClN2O2/c14-12(17)9-3-1-5-11(7-9)16-13(18)10-4-2-6-15-8-10/h1-8H,(H,16,18). The molecule has 0 atom stereocenters. The van der Waals surface area contributed by atoms with Crippen LogP contribution >= 0.6 is 11.6 Å². The molecule has 0 aliphatic carbocycles. The first-order valence-corrected chi connectivity index (χ1v) is 5.56. The number of hydrogen-bond acceptors (Lipinski definition) is 3. The minimum absolute atomic E-state index is 0.290. The normalized spacial score (nSPS) is 9.83. The zero-order chi connectivity index (χ0) is 13.0. The Morgan fingerprint density at radius 3 is 2.56 bits per heavy atom. The van der Waals surface area contributed by atoms with Crippen LogP contribution in [0.2, 0.25) is 0 Å². The zero-order valence-electron chi connectivity index (χ0n) is 9.26. The molecule has 0 fully saturated rings. The molecule has 0 bridgehead atoms. The van der Waals surface area contributed by atoms with Gasteiger partial charge in [0.15, 0.2) is 0 Å². The number of halogens is 1. The minimum Gasteiger partial charge on any atom is -0.322 e. The Morgan fingerprint density at radius 1 is 1.11 bits per heavy atom. The Balaban J connectivity index is 2.17. The average molecular weight is 261 g/mol. The topological polar surface area (TPSA) is 59.1 Å². The van der Waals surface area contributed by atoms with Crippen LogP contribution in [0.25, 0.3) is 0 Å². The number of aromatic nitrogens is 1. The summed E-state index contributed by atoms with van der Waals surface area (Å²) in [6.45, 7) is 0. The lowest BCUT2D eigenvalue weighted by Gasteiger charge is -2.05. The zero-order valence-corrected chi connectivity index (χ0v) is 10.0. The maximum Gasteiger partial charge on any atom is 0.257 e. The van der Waals surface area contributed by atoms with Crippen molar-refractivity contribution < 1.29 is 9.59 Å². The molecule has 4 nitrogen and oxygen atoms in total. The Labute approximate surface area is 109 Å². The van der Waals surface area contributed by atoms with Crippen molar-refractivity contribution in [3.05, 3.63) is 59.9 Å². The van der Waals surface area contributed by atoms with Gasteiger partial charge in [-0.15, -0.1) is 0 Å². The monoisotopic (exact) mass is 260 g/mol. The molecular formula is C13H9ClN2O2. The molecule has 1 amide bonds. The fourth-order valence-electron chi connectivity index (χ4n) is 1.42. The first-order chi connectivity index (χ1) is 8.66. The summed E-state index contributed by atoms with van der Waals surface area (Å²) in [7, 11) is 0. The fourth-order valence-corrected chi connectivity index (χ4v) is 1.54. The van der Waals surface area contributed by atoms with Gasteiger partial charge >= 0.3 is 0 Å². The maximum atomic E-state index is 11.8. The Morgan fingerprint density at radius 2 is 1.89 bits per heavy atom. The summed E-state index contributed by atoms with van der Waals surface area (Å²) in [6.07, 6.45) is 3.05. The van der Waals surface area contributed by atoms with E-state index in [1.54, 1.807) is 36.5 Å². The summed E-state index contributed by atoms with van der Waals surface area (Å²) in [5.74, 6) is -0.290. The van der Waals surface area contributed by atoms with Crippen molar-refractivity contribution in [1.82, 2.24) is 4.98 Å². The first-order valence-electron chi connectivity index (χ1n) is 5.18. The fraction of sp³-hybridized carbons (Fsp3) is 0. The van der Waals surface area contributed by atoms with E-state index in [9.17, 15) is 9.59 Å². The number of anilines is 1. The van der Waals surface area contributed by atoms with Crippen molar-refractivity contribution in [3.8, 4) is 0 Å². The van der Waals surface area contributed by atoms with Crippen LogP contribution in [0, 0.1) is 0 Å². The highest BCUT2D eigenvalue weighted by Crippen LogP contribution is 2.13. The number of carbonyl (C=O) groups excluding carboxylic acids is 2. The van der Waals surface area contributed by atoms with Gasteiger partial charge < -0.3 is 5.32 Å². The van der Waals surface area contributed by atoms with E-state index in [-0.39, 0.29) is 5.91 Å². The van der Waals surface area contributed by atoms with E-state index in [1.165, 1.54) is 12.3 Å². The van der Waals surface area contributed by atoms with Gasteiger partial charge in [0.05, 0.1) is 5.56 Å². The van der Waals surface area contributed by atoms with Gasteiger partial charge in [0.1, 0.15) is 0 Å². The number of amides is 1. The molecule has 18 heavy (non-hydrogen) atoms. The van der Waals surface area contributed by atoms with E-state index in [0.717, 1.165) is 0 Å². The molecule has 1 heterocycles. The molecule has 0 unspecified atom stereocenters. The van der Waals surface area contributed by atoms with Crippen LogP contribution in [-0.2, 0) is 0 Å². The van der Waals surface area contributed by atoms with Crippen LogP contribution < -0.4 is 5.32 Å². The number of rotatable bonds is 3. The number of pyridine rings is 1. The molecule has 0 saturated carbocycles. The molecule has 0 spiro atoms. The second-order valence-electron chi connectivity index (χ2n) is 3.55. The van der Waals surface area contributed by atoms with Crippen molar-refractivity contribution in [2.75, 3.05) is 5.32 Å². The number of nitrogens with one attached hydrogen (secondary N) is 1. The molecule has 0 radical (unpaired) electrons. The summed E-state index contributed by atoms with van der Waals surface area (Å²) in [5.41, 5.74) is 1.29. The Bertz CT molecular complexity index is 585. The lowest BCUT2D eigenvalue weighted by molar-refractivity contribution is 0.102. The molecule has 1 aromatic heterocycles. The van der Waals surface area contributed by atoms with Crippen LogP contribution in [0.5, 0.6) is 0 Å². The van der Waals surface area contributed by atoms with E-state index >= 15 is 0 Å². The minimum atomic E-state index is -0.563. The van der Waals surface area contributed by atoms with Crippen molar-refractivity contribution in [2.24, 2.45) is 0 Å². The van der Waals surface area contributed by atoms with Crippen molar-refractivity contribution in [1.29, 1.82) is 0 Å². The van der Waals surface area contributed by atoms with Gasteiger partial charge in [-0.1, -0.05) is 6.07 Å². The molecule has 5 heteroatoms. The predicted octanol–water partition coefficient (Wildman–Crippen LogP) is 2.71. The van der Waals surface area contributed by atoms with Crippen molar-refractivity contribution >= 4 is 28.4 Å². The molecule has 0 aliphatic heterocycles. The highest BCUT2D eigenvalue weighted by Gasteiger charge is 2.07. The van der Waals surface area contributed by atoms with Gasteiger partial charge in [0, 0.05) is 23.6 Å². The van der Waals surface area contributed by atoms with Crippen LogP contribution in [0.1, 0.15) is 20.7 Å². The summed E-state index contributed by atoms with van der Waals surface area (Å²) < 4.78 is 0. The Kier molecular flexibility index (Phi) is 3.69. The molecule has 1 aromatic carbocycles. The van der Waals surface area contributed by atoms with E-state index < -0.39 is 5.24 Å². The van der Waals surface area contributed by atoms with Gasteiger partial charge in [-0.3, -0.25) is 14.6 Å². The third kappa shape index (κ3) is 2.93. The van der Waals surface area contributed by atoms with Gasteiger partial charge in [0.25, 0.3) is 11.1 Å². The highest BCUT2D eigenvalue weighted by atomic mass is 35.5. The van der Waals surface area contributed by atoms with Crippen molar-refractivity contribution in [2.45, 2.75) is 0 Å². The van der Waals surface area contributed by atoms with Gasteiger partial charge in [-0.25, -0.2) is 0 Å². The molecule has 0 saturated heterocycles. The summed E-state index contributed by atoms with van der Waals surface area (Å²) >= 11 is 5.37. The van der Waals surface area contributed by atoms with Gasteiger partial charge in [-0.05, 0) is 41.9 Å². The molecule has 2 rings (SSSR count). The SMILES string of the molecule is O=C(Cl)c1cccc(NC(=O)c2cccnc2)c1. The lowest BCUT2D eigenvalue weighted by atomic mass is 10.2. The van der Waals surface area contributed by atoms with Crippen LogP contribution in [-0.4, -0.2) is 16.1 Å². The van der Waals surface area contributed by atoms with E-state index in [4.69, 9.17) is 11.6 Å². The van der Waals surface area contributed by atoms with Gasteiger partial charge in [0.2, 0.25) is 0 Å². The van der Waals surface area contributed by atoms with E-state index in [0.29, 0.717) is 16.8 Å². The lowest BCUT2D eigenvalue weighted by Crippen LogP contribution is -2.12. The average Bonchev–Trinajstić information content (AvgIpc) is 2.40. The van der Waals surface area contributed by atoms with Gasteiger partial charge in [-0.2, -0.15) is 0 Å². The molecule has 90 valence electrons. The van der Waals surface area contributed by atoms with E-state index in [2.05, 4.69) is 10.3 Å². The van der Waals surface area contributed by atoms with Crippen LogP contribution in [0.4, 0.5) is 5.69 Å². The predicted molar refractivity (Wildman–Crippen MR) is 68.8 cm³/mol. The second-order valence-corrected chi connectivity index (χ2v) is 3.89. The summed E-state index contributed by atoms with van der Waals surface area (Å²) in [6, 6.07) is 9.75. The second kappa shape index (κ2) is 5.42. The third-order valence-electron chi connectivity index (χ3n) is 2.27. The van der Waals surface area contributed by atoms with E-state index in [1.807, 2.05) is 0 Å². The smallest absolute Gasteiger partial charge is 0.257 e. The largest absolute Gasteiger partial charge is 0.322 e. The number of benzene rings is 1. The maximum absolute atomic E-state index is 11.8. The first kappa shape index (κ1) is 12.3.